The van der Waals surface area contributed by atoms with Crippen molar-refractivity contribution in [2.24, 2.45) is 0 Å². The third-order valence-electron chi connectivity index (χ3n) is 4.83. The second-order valence-corrected chi connectivity index (χ2v) is 7.28. The van der Waals surface area contributed by atoms with Crippen molar-refractivity contribution >= 4 is 11.7 Å². The molecule has 6 nitrogen and oxygen atoms in total. The Morgan fingerprint density at radius 2 is 1.96 bits per heavy atom. The van der Waals surface area contributed by atoms with Crippen LogP contribution in [0.1, 0.15) is 32.3 Å². The number of ether oxygens (including phenoxy) is 1. The number of nitrogens with zero attached hydrogens (tertiary/aromatic N) is 2. The summed E-state index contributed by atoms with van der Waals surface area (Å²) in [5, 5.41) is 12.8. The van der Waals surface area contributed by atoms with Crippen LogP contribution in [-0.4, -0.2) is 65.4 Å². The van der Waals surface area contributed by atoms with E-state index in [1.54, 1.807) is 4.90 Å². The highest BCUT2D eigenvalue weighted by Crippen LogP contribution is 2.21. The maximum Gasteiger partial charge on any atom is 0.321 e. The van der Waals surface area contributed by atoms with Crippen molar-refractivity contribution in [1.29, 1.82) is 0 Å². The number of piperidine rings is 1. The summed E-state index contributed by atoms with van der Waals surface area (Å²) in [4.78, 5) is 16.6. The molecule has 3 rings (SSSR count). The number of carbonyl (C=O) groups is 1. The molecule has 0 spiro atoms. The fraction of sp³-hybridized carbons (Fsp3) is 0.632. The number of β-amino-alcohol motifs (C(OH)–C–C–N with tert-alkyl or cyclic N) is 1. The number of amides is 2. The largest absolute Gasteiger partial charge is 0.391 e. The summed E-state index contributed by atoms with van der Waals surface area (Å²) >= 11 is 0. The fourth-order valence-corrected chi connectivity index (χ4v) is 3.77. The van der Waals surface area contributed by atoms with Gasteiger partial charge in [-0.25, -0.2) is 4.79 Å². The van der Waals surface area contributed by atoms with Gasteiger partial charge in [-0.1, -0.05) is 18.2 Å². The molecule has 2 N–H and O–H groups in total. The molecule has 1 aromatic carbocycles. The summed E-state index contributed by atoms with van der Waals surface area (Å²) in [5.41, 5.74) is 1.95. The molecule has 2 saturated heterocycles. The van der Waals surface area contributed by atoms with Crippen molar-refractivity contribution in [2.45, 2.75) is 51.5 Å². The van der Waals surface area contributed by atoms with Crippen LogP contribution >= 0.6 is 0 Å². The zero-order valence-corrected chi connectivity index (χ0v) is 15.1. The number of hydrogen-bond donors (Lipinski definition) is 2. The predicted octanol–water partition coefficient (Wildman–Crippen LogP) is 2.28. The van der Waals surface area contributed by atoms with Crippen LogP contribution in [0.3, 0.4) is 0 Å². The zero-order valence-electron chi connectivity index (χ0n) is 15.1. The van der Waals surface area contributed by atoms with E-state index >= 15 is 0 Å². The van der Waals surface area contributed by atoms with E-state index in [1.165, 1.54) is 0 Å². The Kier molecular flexibility index (Phi) is 5.93. The summed E-state index contributed by atoms with van der Waals surface area (Å²) in [7, 11) is 0. The molecular weight excluding hydrogens is 318 g/mol. The Labute approximate surface area is 149 Å². The van der Waals surface area contributed by atoms with E-state index in [9.17, 15) is 9.90 Å². The van der Waals surface area contributed by atoms with E-state index in [0.717, 1.165) is 43.7 Å². The predicted molar refractivity (Wildman–Crippen MR) is 97.6 cm³/mol. The van der Waals surface area contributed by atoms with E-state index in [4.69, 9.17) is 4.74 Å². The number of carbonyl (C=O) groups excluding carboxylic acids is 1. The maximum absolute atomic E-state index is 12.5. The smallest absolute Gasteiger partial charge is 0.321 e. The first-order chi connectivity index (χ1) is 12.0. The summed E-state index contributed by atoms with van der Waals surface area (Å²) in [5.74, 6) is 0. The van der Waals surface area contributed by atoms with Crippen LogP contribution in [0.15, 0.2) is 24.3 Å². The van der Waals surface area contributed by atoms with E-state index in [1.807, 2.05) is 18.2 Å². The third kappa shape index (κ3) is 4.93. The zero-order chi connectivity index (χ0) is 17.8. The van der Waals surface area contributed by atoms with Gasteiger partial charge in [-0.05, 0) is 38.3 Å². The van der Waals surface area contributed by atoms with Crippen molar-refractivity contribution in [2.75, 3.05) is 31.5 Å². The van der Waals surface area contributed by atoms with Gasteiger partial charge >= 0.3 is 6.03 Å². The first-order valence-corrected chi connectivity index (χ1v) is 9.21. The number of urea groups is 1. The van der Waals surface area contributed by atoms with Gasteiger partial charge in [-0.15, -0.1) is 0 Å². The highest BCUT2D eigenvalue weighted by molar-refractivity contribution is 5.90. The van der Waals surface area contributed by atoms with Gasteiger partial charge in [0.25, 0.3) is 0 Å². The second kappa shape index (κ2) is 8.17. The first-order valence-electron chi connectivity index (χ1n) is 9.21. The number of morpholine rings is 1. The minimum absolute atomic E-state index is 0.130. The number of hydrogen-bond acceptors (Lipinski definition) is 4. The molecule has 2 aliphatic heterocycles. The third-order valence-corrected chi connectivity index (χ3v) is 4.83. The van der Waals surface area contributed by atoms with Gasteiger partial charge in [0.2, 0.25) is 0 Å². The molecule has 3 unspecified atom stereocenters. The highest BCUT2D eigenvalue weighted by atomic mass is 16.5. The van der Waals surface area contributed by atoms with Gasteiger partial charge in [0, 0.05) is 38.4 Å². The normalized spacial score (nSPS) is 28.0. The molecule has 138 valence electrons. The Morgan fingerprint density at radius 3 is 2.68 bits per heavy atom. The van der Waals surface area contributed by atoms with Crippen molar-refractivity contribution in [3.8, 4) is 0 Å². The number of aliphatic hydroxyl groups is 1. The van der Waals surface area contributed by atoms with Crippen LogP contribution in [0.4, 0.5) is 10.5 Å². The van der Waals surface area contributed by atoms with Gasteiger partial charge in [0.05, 0.1) is 18.3 Å². The summed E-state index contributed by atoms with van der Waals surface area (Å²) in [6.07, 6.45) is 1.65. The van der Waals surface area contributed by atoms with E-state index in [-0.39, 0.29) is 18.2 Å². The van der Waals surface area contributed by atoms with Crippen LogP contribution in [0.5, 0.6) is 0 Å². The summed E-state index contributed by atoms with van der Waals surface area (Å²) in [6.45, 7) is 7.87. The van der Waals surface area contributed by atoms with Crippen molar-refractivity contribution in [3.05, 3.63) is 29.8 Å². The number of para-hydroxylation sites is 1. The van der Waals surface area contributed by atoms with E-state index in [0.29, 0.717) is 13.1 Å². The molecule has 1 aromatic rings. The molecule has 2 amide bonds. The second-order valence-electron chi connectivity index (χ2n) is 7.28. The number of aliphatic hydroxyl groups excluding tert-OH is 1. The van der Waals surface area contributed by atoms with E-state index < -0.39 is 6.10 Å². The Bertz CT molecular complexity index is 585. The van der Waals surface area contributed by atoms with Crippen LogP contribution in [0, 0.1) is 0 Å². The molecular formula is C19H29N3O3. The molecule has 2 heterocycles. The molecule has 6 heteroatoms. The number of benzene rings is 1. The lowest BCUT2D eigenvalue weighted by Crippen LogP contribution is -2.45. The van der Waals surface area contributed by atoms with Crippen molar-refractivity contribution in [1.82, 2.24) is 9.80 Å². The lowest BCUT2D eigenvalue weighted by atomic mass is 10.1. The number of nitrogens with one attached hydrogen (secondary N) is 1. The molecule has 3 atom stereocenters. The van der Waals surface area contributed by atoms with Crippen LogP contribution in [0.25, 0.3) is 0 Å². The summed E-state index contributed by atoms with van der Waals surface area (Å²) < 4.78 is 5.80. The van der Waals surface area contributed by atoms with E-state index in [2.05, 4.69) is 30.1 Å². The van der Waals surface area contributed by atoms with Gasteiger partial charge < -0.3 is 20.1 Å². The van der Waals surface area contributed by atoms with Crippen LogP contribution < -0.4 is 5.32 Å². The Hall–Kier alpha value is -1.63. The minimum Gasteiger partial charge on any atom is -0.391 e. The Balaban J connectivity index is 1.65. The highest BCUT2D eigenvalue weighted by Gasteiger charge is 2.24. The topological polar surface area (TPSA) is 65.0 Å². The first kappa shape index (κ1) is 18.2. The standard InChI is InChI=1S/C19H29N3O3/c1-14-10-21(11-15(2)25-14)12-16-6-3-4-8-18(16)20-19(24)22-9-5-7-17(23)13-22/h3-4,6,8,14-15,17,23H,5,7,9-13H2,1-2H3,(H,20,24). The molecule has 0 aliphatic carbocycles. The minimum atomic E-state index is -0.411. The SMILES string of the molecule is CC1CN(Cc2ccccc2NC(=O)N2CCCC(O)C2)CC(C)O1. The molecule has 0 radical (unpaired) electrons. The maximum atomic E-state index is 12.5. The molecule has 2 fully saturated rings. The fourth-order valence-electron chi connectivity index (χ4n) is 3.77. The number of likely N-dealkylation sites (tertiary alicyclic amines) is 1. The summed E-state index contributed by atoms with van der Waals surface area (Å²) in [6, 6.07) is 7.82. The number of rotatable bonds is 3. The average molecular weight is 347 g/mol. The lowest BCUT2D eigenvalue weighted by molar-refractivity contribution is -0.0704. The molecule has 0 saturated carbocycles. The number of anilines is 1. The molecule has 0 bridgehead atoms. The van der Waals surface area contributed by atoms with Crippen LogP contribution in [0.2, 0.25) is 0 Å². The average Bonchev–Trinajstić information content (AvgIpc) is 2.55. The van der Waals surface area contributed by atoms with Gasteiger partial charge in [0.1, 0.15) is 0 Å². The molecule has 2 aliphatic rings. The van der Waals surface area contributed by atoms with Crippen molar-refractivity contribution in [3.63, 3.8) is 0 Å². The van der Waals surface area contributed by atoms with Gasteiger partial charge in [0.15, 0.2) is 0 Å². The van der Waals surface area contributed by atoms with Crippen molar-refractivity contribution < 1.29 is 14.6 Å². The quantitative estimate of drug-likeness (QED) is 0.880. The van der Waals surface area contributed by atoms with Gasteiger partial charge in [-0.2, -0.15) is 0 Å². The monoisotopic (exact) mass is 347 g/mol. The molecule has 0 aromatic heterocycles. The molecule has 25 heavy (non-hydrogen) atoms. The lowest BCUT2D eigenvalue weighted by Gasteiger charge is -2.35. The van der Waals surface area contributed by atoms with Gasteiger partial charge in [-0.3, -0.25) is 4.90 Å². The van der Waals surface area contributed by atoms with Crippen LogP contribution in [-0.2, 0) is 11.3 Å². The Morgan fingerprint density at radius 1 is 1.24 bits per heavy atom.